The highest BCUT2D eigenvalue weighted by Gasteiger charge is 2.18. The Hall–Kier alpha value is -2.92. The van der Waals surface area contributed by atoms with Crippen LogP contribution >= 0.6 is 11.6 Å². The molecule has 3 rings (SSSR count). The Morgan fingerprint density at radius 2 is 1.63 bits per heavy atom. The second-order valence-corrected chi connectivity index (χ2v) is 7.60. The molecule has 138 valence electrons. The van der Waals surface area contributed by atoms with E-state index in [9.17, 15) is 4.79 Å². The van der Waals surface area contributed by atoms with Gasteiger partial charge in [-0.05, 0) is 45.0 Å². The van der Waals surface area contributed by atoms with E-state index in [0.717, 1.165) is 11.3 Å². The number of carbonyl (C=O) groups is 1. The molecule has 0 aliphatic heterocycles. The van der Waals surface area contributed by atoms with E-state index in [2.05, 4.69) is 20.6 Å². The van der Waals surface area contributed by atoms with Gasteiger partial charge in [-0.15, -0.1) is 0 Å². The van der Waals surface area contributed by atoms with E-state index >= 15 is 0 Å². The van der Waals surface area contributed by atoms with Crippen molar-refractivity contribution in [3.8, 4) is 11.4 Å². The van der Waals surface area contributed by atoms with Crippen LogP contribution in [0.2, 0.25) is 5.02 Å². The summed E-state index contributed by atoms with van der Waals surface area (Å²) in [6, 6.07) is 18.5. The van der Waals surface area contributed by atoms with Crippen LogP contribution in [0.25, 0.3) is 11.4 Å². The van der Waals surface area contributed by atoms with Crippen molar-refractivity contribution < 1.29 is 4.79 Å². The fraction of sp³-hybridized carbons (Fsp3) is 0.190. The van der Waals surface area contributed by atoms with Gasteiger partial charge in [0.25, 0.3) is 5.91 Å². The molecule has 6 heteroatoms. The average Bonchev–Trinajstić information content (AvgIpc) is 2.63. The van der Waals surface area contributed by atoms with Gasteiger partial charge < -0.3 is 10.6 Å². The molecule has 0 unspecified atom stereocenters. The summed E-state index contributed by atoms with van der Waals surface area (Å²) in [5, 5.41) is 6.80. The first-order valence-electron chi connectivity index (χ1n) is 8.60. The van der Waals surface area contributed by atoms with Crippen molar-refractivity contribution in [2.24, 2.45) is 0 Å². The molecule has 0 spiro atoms. The first-order chi connectivity index (χ1) is 12.8. The summed E-state index contributed by atoms with van der Waals surface area (Å²) in [5.74, 6) is 0.764. The number of hydrogen-bond acceptors (Lipinski definition) is 4. The summed E-state index contributed by atoms with van der Waals surface area (Å²) >= 11 is 5.94. The van der Waals surface area contributed by atoms with Gasteiger partial charge >= 0.3 is 0 Å². The fourth-order valence-corrected chi connectivity index (χ4v) is 2.56. The molecule has 0 aliphatic carbocycles. The van der Waals surface area contributed by atoms with Crippen molar-refractivity contribution in [3.05, 3.63) is 71.4 Å². The topological polar surface area (TPSA) is 66.9 Å². The zero-order chi connectivity index (χ0) is 19.4. The molecule has 0 saturated heterocycles. The van der Waals surface area contributed by atoms with Crippen LogP contribution in [0.4, 0.5) is 11.5 Å². The van der Waals surface area contributed by atoms with Crippen molar-refractivity contribution in [1.29, 1.82) is 0 Å². The number of amides is 1. The first kappa shape index (κ1) is 18.9. The summed E-state index contributed by atoms with van der Waals surface area (Å²) in [6.45, 7) is 5.78. The van der Waals surface area contributed by atoms with Crippen LogP contribution in [0.1, 0.15) is 31.3 Å². The van der Waals surface area contributed by atoms with Crippen LogP contribution in [0.3, 0.4) is 0 Å². The van der Waals surface area contributed by atoms with E-state index < -0.39 is 0 Å². The molecule has 0 atom stereocenters. The molecule has 0 fully saturated rings. The molecule has 27 heavy (non-hydrogen) atoms. The Labute approximate surface area is 163 Å². The molecule has 1 heterocycles. The van der Waals surface area contributed by atoms with Gasteiger partial charge in [0.2, 0.25) is 0 Å². The number of halogens is 1. The fourth-order valence-electron chi connectivity index (χ4n) is 2.43. The number of carbonyl (C=O) groups excluding carboxylic acids is 1. The number of aromatic nitrogens is 2. The molecule has 2 N–H and O–H groups in total. The van der Waals surface area contributed by atoms with Crippen molar-refractivity contribution in [2.75, 3.05) is 5.32 Å². The number of benzene rings is 2. The third-order valence-electron chi connectivity index (χ3n) is 3.60. The summed E-state index contributed by atoms with van der Waals surface area (Å²) in [5.41, 5.74) is 1.59. The lowest BCUT2D eigenvalue weighted by atomic mass is 10.1. The highest BCUT2D eigenvalue weighted by Crippen LogP contribution is 2.22. The monoisotopic (exact) mass is 380 g/mol. The molecule has 0 bridgehead atoms. The first-order valence-corrected chi connectivity index (χ1v) is 8.97. The Kier molecular flexibility index (Phi) is 5.42. The maximum atomic E-state index is 12.6. The van der Waals surface area contributed by atoms with Crippen LogP contribution in [0.5, 0.6) is 0 Å². The summed E-state index contributed by atoms with van der Waals surface area (Å²) in [4.78, 5) is 21.7. The number of hydrogen-bond donors (Lipinski definition) is 2. The molecule has 0 aliphatic rings. The van der Waals surface area contributed by atoms with Crippen LogP contribution < -0.4 is 10.6 Å². The summed E-state index contributed by atoms with van der Waals surface area (Å²) in [7, 11) is 0. The third-order valence-corrected chi connectivity index (χ3v) is 3.85. The van der Waals surface area contributed by atoms with Gasteiger partial charge in [-0.25, -0.2) is 9.97 Å². The number of rotatable bonds is 4. The largest absolute Gasteiger partial charge is 0.346 e. The minimum atomic E-state index is -0.362. The molecule has 1 amide bonds. The molecule has 5 nitrogen and oxygen atoms in total. The van der Waals surface area contributed by atoms with Gasteiger partial charge in [-0.3, -0.25) is 4.79 Å². The second-order valence-electron chi connectivity index (χ2n) is 7.16. The van der Waals surface area contributed by atoms with E-state index in [1.165, 1.54) is 0 Å². The molecule has 0 saturated carbocycles. The Bertz CT molecular complexity index is 935. The second kappa shape index (κ2) is 7.76. The number of anilines is 2. The SMILES string of the molecule is CC(C)(C)NC(=O)c1cc(Nc2ccc(Cl)cc2)nc(-c2ccccc2)n1. The van der Waals surface area contributed by atoms with E-state index in [-0.39, 0.29) is 11.4 Å². The standard InChI is InChI=1S/C21H21ClN4O/c1-21(2,3)26-20(27)17-13-18(23-16-11-9-15(22)10-12-16)25-19(24-17)14-7-5-4-6-8-14/h4-13H,1-3H3,(H,26,27)(H,23,24,25). The quantitative estimate of drug-likeness (QED) is 0.663. The zero-order valence-electron chi connectivity index (χ0n) is 15.5. The average molecular weight is 381 g/mol. The predicted molar refractivity (Wildman–Crippen MR) is 109 cm³/mol. The number of nitrogens with zero attached hydrogens (tertiary/aromatic N) is 2. The van der Waals surface area contributed by atoms with Crippen LogP contribution in [-0.4, -0.2) is 21.4 Å². The van der Waals surface area contributed by atoms with Crippen molar-refractivity contribution in [3.63, 3.8) is 0 Å². The zero-order valence-corrected chi connectivity index (χ0v) is 16.2. The minimum absolute atomic E-state index is 0.249. The lowest BCUT2D eigenvalue weighted by Gasteiger charge is -2.20. The van der Waals surface area contributed by atoms with Crippen molar-refractivity contribution in [1.82, 2.24) is 15.3 Å². The van der Waals surface area contributed by atoms with Gasteiger partial charge in [0.05, 0.1) is 0 Å². The van der Waals surface area contributed by atoms with Gasteiger partial charge in [0, 0.05) is 27.9 Å². The highest BCUT2D eigenvalue weighted by molar-refractivity contribution is 6.30. The lowest BCUT2D eigenvalue weighted by molar-refractivity contribution is 0.0914. The van der Waals surface area contributed by atoms with Gasteiger partial charge in [0.15, 0.2) is 5.82 Å². The molecular weight excluding hydrogens is 360 g/mol. The van der Waals surface area contributed by atoms with E-state index in [0.29, 0.717) is 22.4 Å². The third kappa shape index (κ3) is 5.28. The summed E-state index contributed by atoms with van der Waals surface area (Å²) in [6.07, 6.45) is 0. The van der Waals surface area contributed by atoms with E-state index in [4.69, 9.17) is 11.6 Å². The Morgan fingerprint density at radius 3 is 2.26 bits per heavy atom. The Balaban J connectivity index is 2.00. The van der Waals surface area contributed by atoms with Crippen molar-refractivity contribution >= 4 is 29.0 Å². The maximum absolute atomic E-state index is 12.6. The normalized spacial score (nSPS) is 11.1. The van der Waals surface area contributed by atoms with Crippen molar-refractivity contribution in [2.45, 2.75) is 26.3 Å². The maximum Gasteiger partial charge on any atom is 0.270 e. The van der Waals surface area contributed by atoms with Crippen LogP contribution in [-0.2, 0) is 0 Å². The van der Waals surface area contributed by atoms with E-state index in [1.54, 1.807) is 18.2 Å². The predicted octanol–water partition coefficient (Wildman–Crippen LogP) is 5.07. The molecule has 3 aromatic rings. The van der Waals surface area contributed by atoms with Crippen LogP contribution in [0.15, 0.2) is 60.7 Å². The Morgan fingerprint density at radius 1 is 0.963 bits per heavy atom. The summed E-state index contributed by atoms with van der Waals surface area (Å²) < 4.78 is 0. The number of nitrogens with one attached hydrogen (secondary N) is 2. The lowest BCUT2D eigenvalue weighted by Crippen LogP contribution is -2.41. The highest BCUT2D eigenvalue weighted by atomic mass is 35.5. The van der Waals surface area contributed by atoms with Gasteiger partial charge in [-0.2, -0.15) is 0 Å². The smallest absolute Gasteiger partial charge is 0.270 e. The molecular formula is C21H21ClN4O. The molecule has 0 radical (unpaired) electrons. The van der Waals surface area contributed by atoms with E-state index in [1.807, 2.05) is 63.2 Å². The minimum Gasteiger partial charge on any atom is -0.346 e. The molecule has 1 aromatic heterocycles. The van der Waals surface area contributed by atoms with Gasteiger partial charge in [-0.1, -0.05) is 41.9 Å². The van der Waals surface area contributed by atoms with Gasteiger partial charge in [0.1, 0.15) is 11.5 Å². The molecule has 2 aromatic carbocycles. The van der Waals surface area contributed by atoms with Crippen LogP contribution in [0, 0.1) is 0 Å².